The number of benzene rings is 1. The Morgan fingerprint density at radius 1 is 1.25 bits per heavy atom. The van der Waals surface area contributed by atoms with Crippen LogP contribution in [0.2, 0.25) is 5.02 Å². The van der Waals surface area contributed by atoms with Crippen molar-refractivity contribution in [2.75, 3.05) is 19.9 Å². The summed E-state index contributed by atoms with van der Waals surface area (Å²) in [4.78, 5) is 7.82. The summed E-state index contributed by atoms with van der Waals surface area (Å²) in [7, 11) is -1.59. The Bertz CT molecular complexity index is 1170. The Hall–Kier alpha value is -2.51. The van der Waals surface area contributed by atoms with Crippen LogP contribution < -0.4 is 4.74 Å². The topological polar surface area (TPSA) is 75.3 Å². The Balaban J connectivity index is 1.75. The van der Waals surface area contributed by atoms with Crippen LogP contribution in [0, 0.1) is 0 Å². The van der Waals surface area contributed by atoms with Crippen molar-refractivity contribution in [3.63, 3.8) is 0 Å². The summed E-state index contributed by atoms with van der Waals surface area (Å²) in [6.07, 6.45) is 7.21. The predicted molar refractivity (Wildman–Crippen MR) is 111 cm³/mol. The fraction of sp³-hybridized carbons (Fsp3) is 0.250. The SMILES string of the molecule is COc1ccc(Cl)c(-c2ccnc3[nH]c(C4C=CN(S(C)(=O)=O)CC4)cc23)c1. The average molecular weight is 418 g/mol. The van der Waals surface area contributed by atoms with Gasteiger partial charge in [-0.05, 0) is 42.3 Å². The first-order valence-corrected chi connectivity index (χ1v) is 11.1. The van der Waals surface area contributed by atoms with Gasteiger partial charge in [-0.1, -0.05) is 17.7 Å². The normalized spacial score (nSPS) is 17.2. The molecule has 6 nitrogen and oxygen atoms in total. The van der Waals surface area contributed by atoms with Crippen LogP contribution in [0.1, 0.15) is 18.0 Å². The van der Waals surface area contributed by atoms with E-state index in [0.717, 1.165) is 33.6 Å². The molecule has 146 valence electrons. The fourth-order valence-electron chi connectivity index (χ4n) is 3.49. The summed E-state index contributed by atoms with van der Waals surface area (Å²) < 4.78 is 30.1. The fourth-order valence-corrected chi connectivity index (χ4v) is 4.44. The van der Waals surface area contributed by atoms with Crippen LogP contribution in [-0.2, 0) is 10.0 Å². The minimum atomic E-state index is -3.21. The van der Waals surface area contributed by atoms with Crippen LogP contribution in [0.3, 0.4) is 0 Å². The second-order valence-corrected chi connectivity index (χ2v) is 9.14. The van der Waals surface area contributed by atoms with E-state index in [2.05, 4.69) is 16.0 Å². The standard InChI is InChI=1S/C20H20ClN3O3S/c1-27-14-3-4-18(21)16(11-14)15-5-8-22-20-17(15)12-19(23-20)13-6-9-24(10-7-13)28(2,25)26/h3-6,8-9,11-13H,7,10H2,1-2H3,(H,22,23). The number of aromatic nitrogens is 2. The van der Waals surface area contributed by atoms with Crippen LogP contribution in [0.5, 0.6) is 5.75 Å². The van der Waals surface area contributed by atoms with Gasteiger partial charge in [0.25, 0.3) is 0 Å². The van der Waals surface area contributed by atoms with E-state index >= 15 is 0 Å². The maximum atomic E-state index is 11.7. The second-order valence-electron chi connectivity index (χ2n) is 6.80. The van der Waals surface area contributed by atoms with E-state index < -0.39 is 10.0 Å². The molecule has 3 aromatic rings. The summed E-state index contributed by atoms with van der Waals surface area (Å²) in [6.45, 7) is 0.456. The third kappa shape index (κ3) is 3.47. The molecule has 0 saturated heterocycles. The molecular formula is C20H20ClN3O3S. The number of pyridine rings is 1. The number of halogens is 1. The van der Waals surface area contributed by atoms with Crippen molar-refractivity contribution < 1.29 is 13.2 Å². The first kappa shape index (κ1) is 18.8. The van der Waals surface area contributed by atoms with E-state index in [4.69, 9.17) is 16.3 Å². The molecular weight excluding hydrogens is 398 g/mol. The molecule has 3 heterocycles. The lowest BCUT2D eigenvalue weighted by Crippen LogP contribution is -2.29. The summed E-state index contributed by atoms with van der Waals surface area (Å²) in [5, 5.41) is 1.60. The molecule has 1 aliphatic rings. The Morgan fingerprint density at radius 3 is 2.75 bits per heavy atom. The number of rotatable bonds is 4. The molecule has 4 rings (SSSR count). The number of H-pyrrole nitrogens is 1. The molecule has 0 spiro atoms. The molecule has 1 aromatic carbocycles. The highest BCUT2D eigenvalue weighted by Crippen LogP contribution is 2.37. The molecule has 1 aliphatic heterocycles. The van der Waals surface area contributed by atoms with Crippen LogP contribution in [0.4, 0.5) is 0 Å². The van der Waals surface area contributed by atoms with E-state index in [0.29, 0.717) is 18.0 Å². The van der Waals surface area contributed by atoms with Gasteiger partial charge in [0.1, 0.15) is 11.4 Å². The largest absolute Gasteiger partial charge is 0.497 e. The summed E-state index contributed by atoms with van der Waals surface area (Å²) in [5.41, 5.74) is 3.61. The molecule has 0 saturated carbocycles. The van der Waals surface area contributed by atoms with E-state index in [-0.39, 0.29) is 5.92 Å². The van der Waals surface area contributed by atoms with Gasteiger partial charge >= 0.3 is 0 Å². The lowest BCUT2D eigenvalue weighted by molar-refractivity contribution is 0.415. The molecule has 0 bridgehead atoms. The van der Waals surface area contributed by atoms with Crippen LogP contribution in [0.15, 0.2) is 48.8 Å². The van der Waals surface area contributed by atoms with Gasteiger partial charge in [0.2, 0.25) is 10.0 Å². The molecule has 28 heavy (non-hydrogen) atoms. The van der Waals surface area contributed by atoms with Crippen molar-refractivity contribution in [2.45, 2.75) is 12.3 Å². The van der Waals surface area contributed by atoms with Crippen LogP contribution in [-0.4, -0.2) is 42.6 Å². The number of sulfonamides is 1. The summed E-state index contributed by atoms with van der Waals surface area (Å²) in [5.74, 6) is 0.831. The number of allylic oxidation sites excluding steroid dienone is 1. The van der Waals surface area contributed by atoms with Crippen LogP contribution >= 0.6 is 11.6 Å². The predicted octanol–water partition coefficient (Wildman–Crippen LogP) is 4.15. The third-order valence-electron chi connectivity index (χ3n) is 4.99. The molecule has 0 fully saturated rings. The molecule has 1 atom stereocenters. The third-order valence-corrected chi connectivity index (χ3v) is 6.47. The lowest BCUT2D eigenvalue weighted by atomic mass is 9.98. The number of hydrogen-bond acceptors (Lipinski definition) is 4. The first-order valence-electron chi connectivity index (χ1n) is 8.83. The minimum absolute atomic E-state index is 0.0980. The highest BCUT2D eigenvalue weighted by atomic mass is 35.5. The quantitative estimate of drug-likeness (QED) is 0.691. The van der Waals surface area contributed by atoms with Gasteiger partial charge in [-0.15, -0.1) is 0 Å². The Labute approximate surface area is 168 Å². The molecule has 8 heteroatoms. The zero-order valence-corrected chi connectivity index (χ0v) is 17.1. The maximum absolute atomic E-state index is 11.7. The van der Waals surface area contributed by atoms with Gasteiger partial charge in [0.05, 0.1) is 13.4 Å². The molecule has 1 unspecified atom stereocenters. The Kier molecular flexibility index (Phi) is 4.81. The number of nitrogens with one attached hydrogen (secondary N) is 1. The van der Waals surface area contributed by atoms with Gasteiger partial charge < -0.3 is 9.72 Å². The first-order chi connectivity index (χ1) is 13.4. The highest BCUT2D eigenvalue weighted by molar-refractivity contribution is 7.88. The van der Waals surface area contributed by atoms with Crippen molar-refractivity contribution in [1.29, 1.82) is 0 Å². The molecule has 2 aromatic heterocycles. The minimum Gasteiger partial charge on any atom is -0.497 e. The number of aromatic amines is 1. The molecule has 1 N–H and O–H groups in total. The summed E-state index contributed by atoms with van der Waals surface area (Å²) >= 11 is 6.44. The zero-order chi connectivity index (χ0) is 19.9. The van der Waals surface area contributed by atoms with Gasteiger partial charge in [-0.25, -0.2) is 13.4 Å². The van der Waals surface area contributed by atoms with E-state index in [1.165, 1.54) is 10.6 Å². The average Bonchev–Trinajstić information content (AvgIpc) is 3.12. The Morgan fingerprint density at radius 2 is 2.07 bits per heavy atom. The number of methoxy groups -OCH3 is 1. The van der Waals surface area contributed by atoms with Crippen molar-refractivity contribution in [3.05, 3.63) is 59.5 Å². The molecule has 0 amide bonds. The van der Waals surface area contributed by atoms with Crippen molar-refractivity contribution in [3.8, 4) is 16.9 Å². The number of hydrogen-bond donors (Lipinski definition) is 1. The van der Waals surface area contributed by atoms with Gasteiger partial charge in [0.15, 0.2) is 0 Å². The number of ether oxygens (including phenoxy) is 1. The summed E-state index contributed by atoms with van der Waals surface area (Å²) in [6, 6.07) is 9.56. The lowest BCUT2D eigenvalue weighted by Gasteiger charge is -2.25. The van der Waals surface area contributed by atoms with Crippen LogP contribution in [0.25, 0.3) is 22.2 Å². The van der Waals surface area contributed by atoms with Crippen molar-refractivity contribution in [1.82, 2.24) is 14.3 Å². The van der Waals surface area contributed by atoms with E-state index in [1.807, 2.05) is 30.3 Å². The van der Waals surface area contributed by atoms with Gasteiger partial charge in [-0.3, -0.25) is 4.31 Å². The van der Waals surface area contributed by atoms with E-state index in [1.54, 1.807) is 19.5 Å². The number of fused-ring (bicyclic) bond motifs is 1. The maximum Gasteiger partial charge on any atom is 0.231 e. The monoisotopic (exact) mass is 417 g/mol. The zero-order valence-electron chi connectivity index (χ0n) is 15.5. The van der Waals surface area contributed by atoms with Gasteiger partial charge in [0, 0.05) is 46.5 Å². The smallest absolute Gasteiger partial charge is 0.231 e. The highest BCUT2D eigenvalue weighted by Gasteiger charge is 2.22. The second kappa shape index (κ2) is 7.14. The van der Waals surface area contributed by atoms with E-state index in [9.17, 15) is 8.42 Å². The van der Waals surface area contributed by atoms with Gasteiger partial charge in [-0.2, -0.15) is 0 Å². The molecule has 0 radical (unpaired) electrons. The van der Waals surface area contributed by atoms with Crippen molar-refractivity contribution >= 4 is 32.7 Å². The van der Waals surface area contributed by atoms with Crippen molar-refractivity contribution in [2.24, 2.45) is 0 Å². The number of nitrogens with zero attached hydrogens (tertiary/aromatic N) is 2. The molecule has 0 aliphatic carbocycles.